The minimum Gasteiger partial charge on any atom is -0.397 e. The van der Waals surface area contributed by atoms with Gasteiger partial charge in [0.1, 0.15) is 0 Å². The molecule has 2 N–H and O–H groups in total. The summed E-state index contributed by atoms with van der Waals surface area (Å²) in [5, 5.41) is 0. The predicted octanol–water partition coefficient (Wildman–Crippen LogP) is 3.91. The van der Waals surface area contributed by atoms with E-state index in [4.69, 9.17) is 5.73 Å². The second-order valence-corrected chi connectivity index (χ2v) is 5.61. The Hall–Kier alpha value is -1.96. The van der Waals surface area contributed by atoms with Gasteiger partial charge in [0.15, 0.2) is 0 Å². The van der Waals surface area contributed by atoms with Crippen LogP contribution in [0.2, 0.25) is 0 Å². The first-order chi connectivity index (χ1) is 9.15. The molecular formula is C17H20N2. The third-order valence-corrected chi connectivity index (χ3v) is 3.82. The van der Waals surface area contributed by atoms with Gasteiger partial charge in [-0.05, 0) is 48.6 Å². The van der Waals surface area contributed by atoms with Crippen LogP contribution in [0.1, 0.15) is 18.1 Å². The minimum absolute atomic E-state index is 0.648. The topological polar surface area (TPSA) is 29.3 Å². The number of para-hydroxylation sites is 1. The maximum Gasteiger partial charge on any atom is 0.0647 e. The lowest BCUT2D eigenvalue weighted by Gasteiger charge is -2.35. The Kier molecular flexibility index (Phi) is 2.94. The van der Waals surface area contributed by atoms with Gasteiger partial charge in [-0.25, -0.2) is 0 Å². The molecule has 0 spiro atoms. The zero-order valence-electron chi connectivity index (χ0n) is 11.6. The summed E-state index contributed by atoms with van der Waals surface area (Å²) >= 11 is 0. The van der Waals surface area contributed by atoms with Crippen molar-refractivity contribution >= 4 is 17.1 Å². The molecule has 2 nitrogen and oxygen atoms in total. The lowest BCUT2D eigenvalue weighted by Crippen LogP contribution is -2.30. The number of hydrogen-bond donors (Lipinski definition) is 1. The molecule has 98 valence electrons. The van der Waals surface area contributed by atoms with E-state index in [2.05, 4.69) is 55.1 Å². The average molecular weight is 252 g/mol. The summed E-state index contributed by atoms with van der Waals surface area (Å²) in [6.07, 6.45) is 1.15. The molecule has 2 heteroatoms. The molecule has 0 amide bonds. The van der Waals surface area contributed by atoms with E-state index in [0.29, 0.717) is 5.92 Å². The number of nitrogens with two attached hydrogens (primary N) is 1. The van der Waals surface area contributed by atoms with Gasteiger partial charge in [0, 0.05) is 12.2 Å². The van der Waals surface area contributed by atoms with E-state index in [1.54, 1.807) is 0 Å². The summed E-state index contributed by atoms with van der Waals surface area (Å²) < 4.78 is 0. The molecule has 0 radical (unpaired) electrons. The van der Waals surface area contributed by atoms with Crippen LogP contribution >= 0.6 is 0 Å². The maximum absolute atomic E-state index is 6.18. The van der Waals surface area contributed by atoms with Crippen LogP contribution < -0.4 is 10.6 Å². The van der Waals surface area contributed by atoms with Crippen molar-refractivity contribution in [2.24, 2.45) is 5.92 Å². The number of nitrogens with zero attached hydrogens (tertiary/aromatic N) is 1. The fourth-order valence-corrected chi connectivity index (χ4v) is 2.91. The lowest BCUT2D eigenvalue weighted by atomic mass is 9.93. The van der Waals surface area contributed by atoms with Crippen molar-refractivity contribution in [3.05, 3.63) is 53.6 Å². The van der Waals surface area contributed by atoms with Gasteiger partial charge in [-0.2, -0.15) is 0 Å². The van der Waals surface area contributed by atoms with E-state index in [1.807, 2.05) is 6.07 Å². The number of nitrogen functional groups attached to an aromatic ring is 1. The smallest absolute Gasteiger partial charge is 0.0647 e. The standard InChI is InChI=1S/C17H20N2/c1-12-7-8-15(18)17(10-12)19-11-13(2)9-14-5-3-4-6-16(14)19/h3-8,10,13H,9,11,18H2,1-2H3. The van der Waals surface area contributed by atoms with Crippen molar-refractivity contribution in [2.45, 2.75) is 20.3 Å². The fourth-order valence-electron chi connectivity index (χ4n) is 2.91. The van der Waals surface area contributed by atoms with Crippen LogP contribution in [0.4, 0.5) is 17.1 Å². The number of aryl methyl sites for hydroxylation is 1. The summed E-state index contributed by atoms with van der Waals surface area (Å²) in [5.41, 5.74) is 12.1. The number of hydrogen-bond acceptors (Lipinski definition) is 2. The largest absolute Gasteiger partial charge is 0.397 e. The summed E-state index contributed by atoms with van der Waals surface area (Å²) in [6.45, 7) is 5.45. The lowest BCUT2D eigenvalue weighted by molar-refractivity contribution is 0.562. The van der Waals surface area contributed by atoms with Crippen LogP contribution in [0.3, 0.4) is 0 Å². The van der Waals surface area contributed by atoms with E-state index in [9.17, 15) is 0 Å². The zero-order valence-corrected chi connectivity index (χ0v) is 11.6. The molecule has 2 aromatic rings. The van der Waals surface area contributed by atoms with Crippen molar-refractivity contribution in [3.8, 4) is 0 Å². The van der Waals surface area contributed by atoms with E-state index in [-0.39, 0.29) is 0 Å². The third-order valence-electron chi connectivity index (χ3n) is 3.82. The van der Waals surface area contributed by atoms with Crippen molar-refractivity contribution in [2.75, 3.05) is 17.2 Å². The summed E-state index contributed by atoms with van der Waals surface area (Å²) in [6, 6.07) is 14.9. The van der Waals surface area contributed by atoms with Gasteiger partial charge < -0.3 is 10.6 Å². The van der Waals surface area contributed by atoms with Gasteiger partial charge in [-0.15, -0.1) is 0 Å². The van der Waals surface area contributed by atoms with Gasteiger partial charge in [0.05, 0.1) is 11.4 Å². The highest BCUT2D eigenvalue weighted by atomic mass is 15.2. The van der Waals surface area contributed by atoms with E-state index in [1.165, 1.54) is 16.8 Å². The number of fused-ring (bicyclic) bond motifs is 1. The molecule has 19 heavy (non-hydrogen) atoms. The molecule has 1 aliphatic rings. The predicted molar refractivity (Wildman–Crippen MR) is 81.9 cm³/mol. The first-order valence-electron chi connectivity index (χ1n) is 6.86. The second kappa shape index (κ2) is 4.61. The van der Waals surface area contributed by atoms with Crippen LogP contribution in [0.25, 0.3) is 0 Å². The van der Waals surface area contributed by atoms with Gasteiger partial charge in [-0.3, -0.25) is 0 Å². The molecule has 1 aliphatic heterocycles. The number of anilines is 3. The third kappa shape index (κ3) is 2.19. The van der Waals surface area contributed by atoms with Gasteiger partial charge in [0.25, 0.3) is 0 Å². The van der Waals surface area contributed by atoms with E-state index in [0.717, 1.165) is 24.3 Å². The van der Waals surface area contributed by atoms with Crippen molar-refractivity contribution in [1.82, 2.24) is 0 Å². The van der Waals surface area contributed by atoms with Crippen LogP contribution in [0.15, 0.2) is 42.5 Å². The molecule has 0 fully saturated rings. The molecule has 1 atom stereocenters. The molecule has 0 saturated heterocycles. The Labute approximate surface area is 114 Å². The van der Waals surface area contributed by atoms with Gasteiger partial charge >= 0.3 is 0 Å². The number of rotatable bonds is 1. The summed E-state index contributed by atoms with van der Waals surface area (Å²) in [5.74, 6) is 0.648. The molecule has 3 rings (SSSR count). The van der Waals surface area contributed by atoms with E-state index >= 15 is 0 Å². The molecule has 0 aliphatic carbocycles. The highest BCUT2D eigenvalue weighted by molar-refractivity contribution is 5.77. The molecule has 0 bridgehead atoms. The first-order valence-corrected chi connectivity index (χ1v) is 6.86. The number of benzene rings is 2. The van der Waals surface area contributed by atoms with Crippen LogP contribution in [0.5, 0.6) is 0 Å². The highest BCUT2D eigenvalue weighted by Crippen LogP contribution is 2.38. The molecule has 1 heterocycles. The van der Waals surface area contributed by atoms with Crippen molar-refractivity contribution < 1.29 is 0 Å². The van der Waals surface area contributed by atoms with E-state index < -0.39 is 0 Å². The highest BCUT2D eigenvalue weighted by Gasteiger charge is 2.23. The second-order valence-electron chi connectivity index (χ2n) is 5.61. The molecule has 0 saturated carbocycles. The van der Waals surface area contributed by atoms with Crippen LogP contribution in [-0.2, 0) is 6.42 Å². The molecule has 0 aromatic heterocycles. The normalized spacial score (nSPS) is 18.2. The Morgan fingerprint density at radius 3 is 2.74 bits per heavy atom. The minimum atomic E-state index is 0.648. The van der Waals surface area contributed by atoms with Crippen molar-refractivity contribution in [3.63, 3.8) is 0 Å². The van der Waals surface area contributed by atoms with Crippen LogP contribution in [0, 0.1) is 12.8 Å². The Morgan fingerprint density at radius 1 is 1.11 bits per heavy atom. The molecule has 2 aromatic carbocycles. The molecular weight excluding hydrogens is 232 g/mol. The average Bonchev–Trinajstić information content (AvgIpc) is 2.40. The monoisotopic (exact) mass is 252 g/mol. The SMILES string of the molecule is Cc1ccc(N)c(N2CC(C)Cc3ccccc32)c1. The van der Waals surface area contributed by atoms with Gasteiger partial charge in [0.2, 0.25) is 0 Å². The van der Waals surface area contributed by atoms with Crippen LogP contribution in [-0.4, -0.2) is 6.54 Å². The first kappa shape index (κ1) is 12.1. The quantitative estimate of drug-likeness (QED) is 0.780. The zero-order chi connectivity index (χ0) is 13.4. The fraction of sp³-hybridized carbons (Fsp3) is 0.294. The summed E-state index contributed by atoms with van der Waals surface area (Å²) in [7, 11) is 0. The Morgan fingerprint density at radius 2 is 1.89 bits per heavy atom. The Balaban J connectivity index is 2.12. The summed E-state index contributed by atoms with van der Waals surface area (Å²) in [4.78, 5) is 2.37. The van der Waals surface area contributed by atoms with Gasteiger partial charge in [-0.1, -0.05) is 31.2 Å². The Bertz CT molecular complexity index is 604. The van der Waals surface area contributed by atoms with Crippen molar-refractivity contribution in [1.29, 1.82) is 0 Å². The molecule has 1 unspecified atom stereocenters. The maximum atomic E-state index is 6.18.